The first-order valence-electron chi connectivity index (χ1n) is 6.59. The Morgan fingerprint density at radius 3 is 2.86 bits per heavy atom. The quantitative estimate of drug-likeness (QED) is 0.897. The molecule has 0 aliphatic rings. The van der Waals surface area contributed by atoms with Gasteiger partial charge in [-0.3, -0.25) is 9.69 Å². The van der Waals surface area contributed by atoms with Crippen molar-refractivity contribution in [2.24, 2.45) is 5.73 Å². The second-order valence-corrected chi connectivity index (χ2v) is 4.38. The van der Waals surface area contributed by atoms with Gasteiger partial charge in [0.2, 0.25) is 0 Å². The normalized spacial score (nSPS) is 10.5. The highest BCUT2D eigenvalue weighted by Gasteiger charge is 2.23. The summed E-state index contributed by atoms with van der Waals surface area (Å²) in [4.78, 5) is 22.2. The lowest BCUT2D eigenvalue weighted by molar-refractivity contribution is 0.0958. The number of ether oxygens (including phenoxy) is 1. The fourth-order valence-electron chi connectivity index (χ4n) is 1.97. The molecule has 0 saturated heterocycles. The second kappa shape index (κ2) is 6.36. The maximum Gasteiger partial charge on any atom is 0.318 e. The van der Waals surface area contributed by atoms with Gasteiger partial charge in [0, 0.05) is 18.3 Å². The topological polar surface area (TPSA) is 94.5 Å². The molecule has 0 aliphatic heterocycles. The number of aryl methyl sites for hydroxylation is 1. The third-order valence-electron chi connectivity index (χ3n) is 3.00. The van der Waals surface area contributed by atoms with E-state index in [0.29, 0.717) is 18.1 Å². The number of methoxy groups -OCH3 is 1. The lowest BCUT2D eigenvalue weighted by atomic mass is 10.2. The first-order chi connectivity index (χ1) is 10.1. The Labute approximate surface area is 122 Å². The van der Waals surface area contributed by atoms with Crippen LogP contribution in [0.1, 0.15) is 28.8 Å². The van der Waals surface area contributed by atoms with Crippen molar-refractivity contribution in [3.05, 3.63) is 35.4 Å². The minimum absolute atomic E-state index is 0.206. The van der Waals surface area contributed by atoms with E-state index in [0.717, 1.165) is 5.56 Å². The van der Waals surface area contributed by atoms with Crippen LogP contribution in [0.25, 0.3) is 0 Å². The van der Waals surface area contributed by atoms with E-state index in [4.69, 9.17) is 14.9 Å². The van der Waals surface area contributed by atoms with Crippen molar-refractivity contribution in [3.8, 4) is 6.01 Å². The predicted octanol–water partition coefficient (Wildman–Crippen LogP) is 1.51. The molecule has 0 fully saturated rings. The third kappa shape index (κ3) is 3.03. The number of hydrogen-bond donors (Lipinski definition) is 1. The first-order valence-corrected chi connectivity index (χ1v) is 6.59. The SMILES string of the molecule is CCN(C(=O)c1oc(CN)cc1C)c1ccnc(OC)n1. The maximum absolute atomic E-state index is 12.6. The van der Waals surface area contributed by atoms with Gasteiger partial charge >= 0.3 is 6.01 Å². The van der Waals surface area contributed by atoms with Crippen LogP contribution in [0.2, 0.25) is 0 Å². The number of nitrogens with two attached hydrogens (primary N) is 1. The van der Waals surface area contributed by atoms with Crippen molar-refractivity contribution in [2.75, 3.05) is 18.6 Å². The molecule has 2 rings (SSSR count). The number of aromatic nitrogens is 2. The highest BCUT2D eigenvalue weighted by Crippen LogP contribution is 2.20. The van der Waals surface area contributed by atoms with Crippen LogP contribution in [0.3, 0.4) is 0 Å². The largest absolute Gasteiger partial charge is 0.467 e. The average molecular weight is 290 g/mol. The molecule has 1 amide bonds. The predicted molar refractivity (Wildman–Crippen MR) is 77.3 cm³/mol. The first kappa shape index (κ1) is 15.0. The van der Waals surface area contributed by atoms with Crippen molar-refractivity contribution < 1.29 is 13.9 Å². The summed E-state index contributed by atoms with van der Waals surface area (Å²) < 4.78 is 10.5. The van der Waals surface area contributed by atoms with Crippen LogP contribution < -0.4 is 15.4 Å². The number of nitrogens with zero attached hydrogens (tertiary/aromatic N) is 3. The molecule has 2 N–H and O–H groups in total. The summed E-state index contributed by atoms with van der Waals surface area (Å²) in [5.74, 6) is 1.04. The fourth-order valence-corrected chi connectivity index (χ4v) is 1.97. The molecule has 0 radical (unpaired) electrons. The molecule has 0 aliphatic carbocycles. The molecule has 2 aromatic heterocycles. The molecule has 2 aromatic rings. The lowest BCUT2D eigenvalue weighted by Gasteiger charge is -2.19. The molecule has 0 atom stereocenters. The standard InChI is InChI=1S/C14H18N4O3/c1-4-18(11-5-6-16-14(17-11)20-3)13(19)12-9(2)7-10(8-15)21-12/h5-7H,4,8,15H2,1-3H3. The molecule has 0 unspecified atom stereocenters. The van der Waals surface area contributed by atoms with Crippen LogP contribution in [0, 0.1) is 6.92 Å². The Bertz CT molecular complexity index is 639. The summed E-state index contributed by atoms with van der Waals surface area (Å²) in [5, 5.41) is 0. The van der Waals surface area contributed by atoms with Gasteiger partial charge in [0.05, 0.1) is 13.7 Å². The van der Waals surface area contributed by atoms with E-state index in [9.17, 15) is 4.79 Å². The summed E-state index contributed by atoms with van der Waals surface area (Å²) in [6, 6.07) is 3.62. The van der Waals surface area contributed by atoms with E-state index in [1.165, 1.54) is 18.2 Å². The average Bonchev–Trinajstić information content (AvgIpc) is 2.89. The number of rotatable bonds is 5. The van der Waals surface area contributed by atoms with Gasteiger partial charge in [-0.05, 0) is 26.0 Å². The highest BCUT2D eigenvalue weighted by atomic mass is 16.5. The number of carbonyl (C=O) groups is 1. The molecular formula is C14H18N4O3. The maximum atomic E-state index is 12.6. The van der Waals surface area contributed by atoms with Crippen LogP contribution in [0.4, 0.5) is 5.82 Å². The zero-order valence-electron chi connectivity index (χ0n) is 12.3. The van der Waals surface area contributed by atoms with Crippen molar-refractivity contribution in [2.45, 2.75) is 20.4 Å². The van der Waals surface area contributed by atoms with Gasteiger partial charge < -0.3 is 14.9 Å². The van der Waals surface area contributed by atoms with E-state index in [1.807, 2.05) is 13.8 Å². The fraction of sp³-hybridized carbons (Fsp3) is 0.357. The van der Waals surface area contributed by atoms with Crippen molar-refractivity contribution in [1.82, 2.24) is 9.97 Å². The molecule has 7 nitrogen and oxygen atoms in total. The Morgan fingerprint density at radius 1 is 1.52 bits per heavy atom. The van der Waals surface area contributed by atoms with Crippen molar-refractivity contribution in [1.29, 1.82) is 0 Å². The number of anilines is 1. The van der Waals surface area contributed by atoms with Crippen molar-refractivity contribution in [3.63, 3.8) is 0 Å². The van der Waals surface area contributed by atoms with E-state index >= 15 is 0 Å². The van der Waals surface area contributed by atoms with Gasteiger partial charge in [0.15, 0.2) is 5.76 Å². The summed E-state index contributed by atoms with van der Waals surface area (Å²) in [6.07, 6.45) is 1.54. The van der Waals surface area contributed by atoms with Gasteiger partial charge in [-0.25, -0.2) is 4.98 Å². The van der Waals surface area contributed by atoms with Gasteiger partial charge in [-0.2, -0.15) is 4.98 Å². The lowest BCUT2D eigenvalue weighted by Crippen LogP contribution is -2.31. The van der Waals surface area contributed by atoms with E-state index in [-0.39, 0.29) is 24.2 Å². The number of carbonyl (C=O) groups excluding carboxylic acids is 1. The molecular weight excluding hydrogens is 272 g/mol. The zero-order chi connectivity index (χ0) is 15.4. The Balaban J connectivity index is 2.35. The van der Waals surface area contributed by atoms with Crippen LogP contribution in [0.15, 0.2) is 22.7 Å². The van der Waals surface area contributed by atoms with E-state index in [1.54, 1.807) is 12.1 Å². The number of hydrogen-bond acceptors (Lipinski definition) is 6. The molecule has 2 heterocycles. The van der Waals surface area contributed by atoms with E-state index < -0.39 is 0 Å². The van der Waals surface area contributed by atoms with Gasteiger partial charge in [-0.15, -0.1) is 0 Å². The Kier molecular flexibility index (Phi) is 4.54. The molecule has 21 heavy (non-hydrogen) atoms. The van der Waals surface area contributed by atoms with Crippen LogP contribution in [0.5, 0.6) is 6.01 Å². The molecule has 0 aromatic carbocycles. The van der Waals surface area contributed by atoms with Crippen molar-refractivity contribution >= 4 is 11.7 Å². The third-order valence-corrected chi connectivity index (χ3v) is 3.00. The van der Waals surface area contributed by atoms with Crippen LogP contribution >= 0.6 is 0 Å². The monoisotopic (exact) mass is 290 g/mol. The molecule has 0 spiro atoms. The smallest absolute Gasteiger partial charge is 0.318 e. The zero-order valence-corrected chi connectivity index (χ0v) is 12.3. The summed E-state index contributed by atoms with van der Waals surface area (Å²) >= 11 is 0. The minimum atomic E-state index is -0.268. The number of amides is 1. The second-order valence-electron chi connectivity index (χ2n) is 4.38. The molecule has 0 bridgehead atoms. The van der Waals surface area contributed by atoms with E-state index in [2.05, 4.69) is 9.97 Å². The minimum Gasteiger partial charge on any atom is -0.467 e. The van der Waals surface area contributed by atoms with Gasteiger partial charge in [0.25, 0.3) is 5.91 Å². The van der Waals surface area contributed by atoms with Gasteiger partial charge in [-0.1, -0.05) is 0 Å². The molecule has 0 saturated carbocycles. The van der Waals surface area contributed by atoms with Crippen LogP contribution in [-0.4, -0.2) is 29.5 Å². The van der Waals surface area contributed by atoms with Crippen LogP contribution in [-0.2, 0) is 6.54 Å². The number of furan rings is 1. The summed E-state index contributed by atoms with van der Waals surface area (Å²) in [6.45, 7) is 4.36. The summed E-state index contributed by atoms with van der Waals surface area (Å²) in [5.41, 5.74) is 6.28. The Hall–Kier alpha value is -2.41. The highest BCUT2D eigenvalue weighted by molar-refractivity contribution is 6.04. The summed E-state index contributed by atoms with van der Waals surface area (Å²) in [7, 11) is 1.47. The van der Waals surface area contributed by atoms with Gasteiger partial charge in [0.1, 0.15) is 11.6 Å². The molecule has 112 valence electrons. The Morgan fingerprint density at radius 2 is 2.29 bits per heavy atom. The molecule has 7 heteroatoms.